The van der Waals surface area contributed by atoms with E-state index in [1.54, 1.807) is 6.07 Å². The average molecular weight is 386 g/mol. The number of carbonyl (C=O) groups excluding carboxylic acids is 2. The standard InChI is InChI=1S/C12H10N2O8S.2Na/c13-2-6-5(1-7(15)16)10(12(21)22)23-11(6)14(3-8(17)18)4-9(19)20;;/h1,3-4H2,(H,15,16)(H,17,18)(H,19,20)(H,21,22);;/q;2*+1/p-2. The molecular formula is C12H8N2Na2O8S. The molecule has 13 heteroatoms. The van der Waals surface area contributed by atoms with Crippen LogP contribution in [0.2, 0.25) is 0 Å². The van der Waals surface area contributed by atoms with E-state index in [0.717, 1.165) is 4.90 Å². The molecule has 10 nitrogen and oxygen atoms in total. The number of thiophene rings is 1. The number of carboxylic acid groups (broad SMARTS) is 4. The summed E-state index contributed by atoms with van der Waals surface area (Å²) in [5, 5.41) is 48.3. The van der Waals surface area contributed by atoms with Gasteiger partial charge in [-0.2, -0.15) is 5.26 Å². The van der Waals surface area contributed by atoms with Gasteiger partial charge in [0.2, 0.25) is 0 Å². The Bertz CT molecular complexity index is 711. The van der Waals surface area contributed by atoms with Gasteiger partial charge >= 0.3 is 71.1 Å². The third-order valence-corrected chi connectivity index (χ3v) is 3.82. The third-order valence-electron chi connectivity index (χ3n) is 2.55. The molecule has 0 fully saturated rings. The fourth-order valence-electron chi connectivity index (χ4n) is 1.79. The van der Waals surface area contributed by atoms with Crippen molar-refractivity contribution < 1.29 is 98.7 Å². The summed E-state index contributed by atoms with van der Waals surface area (Å²) in [5.74, 6) is -6.25. The van der Waals surface area contributed by atoms with Gasteiger partial charge in [-0.3, -0.25) is 9.59 Å². The summed E-state index contributed by atoms with van der Waals surface area (Å²) >= 11 is 0.376. The summed E-state index contributed by atoms with van der Waals surface area (Å²) in [5.41, 5.74) is -0.839. The van der Waals surface area contributed by atoms with Gasteiger partial charge in [0.1, 0.15) is 24.2 Å². The molecule has 1 rings (SSSR count). The molecule has 1 heterocycles. The maximum absolute atomic E-state index is 11.1. The largest absolute Gasteiger partial charge is 1.00 e. The predicted molar refractivity (Wildman–Crippen MR) is 69.6 cm³/mol. The Morgan fingerprint density at radius 1 is 1.08 bits per heavy atom. The van der Waals surface area contributed by atoms with Gasteiger partial charge in [-0.25, -0.2) is 0 Å². The molecule has 0 aromatic carbocycles. The van der Waals surface area contributed by atoms with Gasteiger partial charge in [-0.15, -0.1) is 11.3 Å². The van der Waals surface area contributed by atoms with Gasteiger partial charge in [0, 0.05) is 12.4 Å². The predicted octanol–water partition coefficient (Wildman–Crippen LogP) is -8.74. The molecular weight excluding hydrogens is 378 g/mol. The number of aliphatic carboxylic acids is 3. The zero-order valence-corrected chi connectivity index (χ0v) is 18.1. The van der Waals surface area contributed by atoms with Crippen LogP contribution in [0.3, 0.4) is 0 Å². The topological polar surface area (TPSA) is 182 Å². The molecule has 0 saturated heterocycles. The molecule has 0 aliphatic heterocycles. The minimum Gasteiger partial charge on any atom is -0.550 e. The molecule has 0 aliphatic rings. The zero-order valence-electron chi connectivity index (χ0n) is 13.3. The minimum atomic E-state index is -1.76. The first kappa shape index (κ1) is 26.1. The Labute approximate surface area is 189 Å². The van der Waals surface area contributed by atoms with Crippen molar-refractivity contribution in [2.75, 3.05) is 18.0 Å². The molecule has 1 aromatic rings. The molecule has 0 saturated carbocycles. The Balaban J connectivity index is 0. The fourth-order valence-corrected chi connectivity index (χ4v) is 2.90. The van der Waals surface area contributed by atoms with E-state index in [-0.39, 0.29) is 64.1 Å². The Morgan fingerprint density at radius 3 is 1.88 bits per heavy atom. The van der Waals surface area contributed by atoms with Gasteiger partial charge in [-0.1, -0.05) is 0 Å². The molecule has 0 aliphatic carbocycles. The summed E-state index contributed by atoms with van der Waals surface area (Å²) < 4.78 is 0. The summed E-state index contributed by atoms with van der Waals surface area (Å²) in [6.07, 6.45) is -0.906. The van der Waals surface area contributed by atoms with Crippen LogP contribution >= 0.6 is 11.3 Å². The molecule has 0 spiro atoms. The molecule has 1 aromatic heterocycles. The maximum atomic E-state index is 11.1. The number of hydrogen-bond donors (Lipinski definition) is 2. The summed E-state index contributed by atoms with van der Waals surface area (Å²) in [7, 11) is 0. The van der Waals surface area contributed by atoms with Gasteiger partial charge in [0.05, 0.1) is 16.4 Å². The van der Waals surface area contributed by atoms with Crippen LogP contribution in [0, 0.1) is 11.3 Å². The number of carboxylic acids is 4. The van der Waals surface area contributed by atoms with Crippen LogP contribution in [0.25, 0.3) is 0 Å². The Kier molecular flexibility index (Phi) is 12.0. The van der Waals surface area contributed by atoms with E-state index in [1.165, 1.54) is 0 Å². The van der Waals surface area contributed by atoms with E-state index in [0.29, 0.717) is 11.3 Å². The molecule has 0 amide bonds. The van der Waals surface area contributed by atoms with E-state index in [2.05, 4.69) is 0 Å². The molecule has 0 atom stereocenters. The van der Waals surface area contributed by atoms with Crippen LogP contribution in [-0.2, 0) is 20.8 Å². The smallest absolute Gasteiger partial charge is 0.550 e. The summed E-state index contributed by atoms with van der Waals surface area (Å²) in [6.45, 7) is -1.64. The SMILES string of the molecule is N#Cc1c(N(CC(=O)O)CC(=O)O)sc(C(=O)[O-])c1CC(=O)[O-].[Na+].[Na+]. The molecule has 122 valence electrons. The first-order valence-electron chi connectivity index (χ1n) is 5.82. The molecule has 0 bridgehead atoms. The average Bonchev–Trinajstić information content (AvgIpc) is 2.74. The molecule has 25 heavy (non-hydrogen) atoms. The third kappa shape index (κ3) is 7.33. The summed E-state index contributed by atoms with van der Waals surface area (Å²) in [6, 6.07) is 1.57. The van der Waals surface area contributed by atoms with Crippen molar-refractivity contribution in [2.24, 2.45) is 0 Å². The first-order chi connectivity index (χ1) is 10.7. The minimum absolute atomic E-state index is 0. The maximum Gasteiger partial charge on any atom is 1.00 e. The van der Waals surface area contributed by atoms with Crippen molar-refractivity contribution in [3.63, 3.8) is 0 Å². The van der Waals surface area contributed by atoms with Crippen molar-refractivity contribution in [3.05, 3.63) is 16.0 Å². The summed E-state index contributed by atoms with van der Waals surface area (Å²) in [4.78, 5) is 43.6. The number of nitrogens with zero attached hydrogens (tertiary/aromatic N) is 2. The van der Waals surface area contributed by atoms with Crippen LogP contribution in [0.5, 0.6) is 0 Å². The van der Waals surface area contributed by atoms with E-state index < -0.39 is 59.4 Å². The molecule has 0 radical (unpaired) electrons. The van der Waals surface area contributed by atoms with Gasteiger partial charge in [0.25, 0.3) is 0 Å². The van der Waals surface area contributed by atoms with E-state index >= 15 is 0 Å². The van der Waals surface area contributed by atoms with Crippen molar-refractivity contribution in [1.82, 2.24) is 0 Å². The normalized spacial score (nSPS) is 9.08. The Morgan fingerprint density at radius 2 is 1.56 bits per heavy atom. The number of rotatable bonds is 8. The monoisotopic (exact) mass is 386 g/mol. The second-order valence-corrected chi connectivity index (χ2v) is 5.18. The number of aromatic carboxylic acids is 1. The van der Waals surface area contributed by atoms with E-state index in [9.17, 15) is 29.4 Å². The van der Waals surface area contributed by atoms with Crippen LogP contribution in [0.15, 0.2) is 0 Å². The van der Waals surface area contributed by atoms with Crippen LogP contribution in [0.4, 0.5) is 5.00 Å². The van der Waals surface area contributed by atoms with Crippen molar-refractivity contribution in [1.29, 1.82) is 5.26 Å². The van der Waals surface area contributed by atoms with Crippen LogP contribution in [0.1, 0.15) is 20.8 Å². The van der Waals surface area contributed by atoms with Crippen LogP contribution in [-0.4, -0.2) is 47.2 Å². The number of hydrogen-bond acceptors (Lipinski definition) is 9. The van der Waals surface area contributed by atoms with Gasteiger partial charge < -0.3 is 34.9 Å². The fraction of sp³-hybridized carbons (Fsp3) is 0.250. The zero-order chi connectivity index (χ0) is 17.7. The van der Waals surface area contributed by atoms with E-state index in [4.69, 9.17) is 15.5 Å². The van der Waals surface area contributed by atoms with Crippen molar-refractivity contribution in [3.8, 4) is 6.07 Å². The van der Waals surface area contributed by atoms with Crippen molar-refractivity contribution >= 4 is 40.2 Å². The molecule has 2 N–H and O–H groups in total. The second kappa shape index (κ2) is 11.5. The van der Waals surface area contributed by atoms with Gasteiger partial charge in [-0.05, 0) is 5.56 Å². The quantitative estimate of drug-likeness (QED) is 0.407. The van der Waals surface area contributed by atoms with E-state index in [1.807, 2.05) is 0 Å². The molecule has 0 unspecified atom stereocenters. The Hall–Kier alpha value is -1.13. The van der Waals surface area contributed by atoms with Crippen molar-refractivity contribution in [2.45, 2.75) is 6.42 Å². The first-order valence-corrected chi connectivity index (χ1v) is 6.64. The van der Waals surface area contributed by atoms with Gasteiger partial charge in [0.15, 0.2) is 0 Å². The number of anilines is 1. The number of nitriles is 1. The second-order valence-electron chi connectivity index (χ2n) is 4.18. The number of carbonyl (C=O) groups is 4. The van der Waals surface area contributed by atoms with Crippen LogP contribution < -0.4 is 74.2 Å².